The first-order valence-electron chi connectivity index (χ1n) is 50.8. The summed E-state index contributed by atoms with van der Waals surface area (Å²) in [5.41, 5.74) is 1.59. The molecule has 2 aliphatic heterocycles. The molecule has 0 spiro atoms. The van der Waals surface area contributed by atoms with Gasteiger partial charge in [0.25, 0.3) is 0 Å². The van der Waals surface area contributed by atoms with E-state index >= 15 is 0 Å². The number of alkyl halides is 2. The second kappa shape index (κ2) is 79.7. The molecule has 0 bridgehead atoms. The zero-order chi connectivity index (χ0) is 108. The van der Waals surface area contributed by atoms with Gasteiger partial charge in [-0.05, 0) is 303 Å². The Labute approximate surface area is 962 Å². The number of rotatable bonds is 35. The van der Waals surface area contributed by atoms with Crippen molar-refractivity contribution < 1.29 is 214 Å². The predicted octanol–water partition coefficient (Wildman–Crippen LogP) is 25.1. The Morgan fingerprint density at radius 3 is 1.00 bits per heavy atom. The molecule has 8 aromatic rings. The molecule has 822 valence electrons. The van der Waals surface area contributed by atoms with Crippen molar-refractivity contribution in [3.05, 3.63) is 230 Å². The van der Waals surface area contributed by atoms with Crippen LogP contribution in [-0.4, -0.2) is 185 Å². The number of aliphatic hydroxyl groups excluding tert-OH is 2. The van der Waals surface area contributed by atoms with Crippen molar-refractivity contribution >= 4 is 83.0 Å². The maximum absolute atomic E-state index is 14.9. The molecule has 0 amide bonds. The Balaban J connectivity index is 0.000000615. The van der Waals surface area contributed by atoms with Gasteiger partial charge in [0.2, 0.25) is 46.5 Å². The summed E-state index contributed by atoms with van der Waals surface area (Å²) in [6.07, 6.45) is 22.6. The van der Waals surface area contributed by atoms with Crippen molar-refractivity contribution in [2.45, 2.75) is 253 Å². The van der Waals surface area contributed by atoms with Crippen molar-refractivity contribution in [3.8, 4) is 51.7 Å². The van der Waals surface area contributed by atoms with E-state index < -0.39 is 121 Å². The van der Waals surface area contributed by atoms with Crippen LogP contribution in [0.1, 0.15) is 282 Å². The van der Waals surface area contributed by atoms with Gasteiger partial charge in [0.05, 0.1) is 75.1 Å². The average Bonchev–Trinajstić information content (AvgIpc) is 1.14. The quantitative estimate of drug-likeness (QED) is 0.00637. The summed E-state index contributed by atoms with van der Waals surface area (Å²) in [6.45, 7) is 16.2. The number of halogens is 18. The van der Waals surface area contributed by atoms with E-state index in [4.69, 9.17) is 95.1 Å². The van der Waals surface area contributed by atoms with Crippen LogP contribution in [0.25, 0.3) is 0 Å². The second-order valence-corrected chi connectivity index (χ2v) is 36.2. The van der Waals surface area contributed by atoms with E-state index in [9.17, 15) is 74.6 Å². The number of phenols is 1. The number of phenolic OH excluding ortho intramolecular Hbond substituents is 1. The van der Waals surface area contributed by atoms with E-state index in [1.165, 1.54) is 163 Å². The number of unbranched alkanes of at least 4 members (excludes halogenated alkanes) is 4. The fourth-order valence-electron chi connectivity index (χ4n) is 17.4. The van der Waals surface area contributed by atoms with Crippen LogP contribution in [0.2, 0.25) is 0 Å². The average molecular weight is 2250 g/mol. The number of methoxy groups -OCH3 is 1. The number of ether oxygens (including phenoxy) is 11. The number of hydrogen-bond acceptors (Lipinski definition) is 18. The third-order valence-electron chi connectivity index (χ3n) is 25.5. The van der Waals surface area contributed by atoms with Gasteiger partial charge < -0.3 is 77.6 Å². The van der Waals surface area contributed by atoms with Gasteiger partial charge in [-0.25, -0.2) is 35.4 Å². The molecule has 6 aliphatic rings. The molecule has 2 heterocycles. The fraction of sp³-hybridized carbons (Fsp3) is 0.560. The van der Waals surface area contributed by atoms with Crippen LogP contribution in [0.15, 0.2) is 109 Å². The zero-order valence-corrected chi connectivity index (χ0v) is 96.5. The molecule has 3 N–H and O–H groups in total. The fourth-order valence-corrected chi connectivity index (χ4v) is 17.7. The molecule has 8 aromatic carbocycles. The molecular formula is C109H144ClF17K3O18P. The summed E-state index contributed by atoms with van der Waals surface area (Å²) in [7, 11) is -2.89. The van der Waals surface area contributed by atoms with Gasteiger partial charge in [-0.15, -0.1) is 11.6 Å². The van der Waals surface area contributed by atoms with Crippen LogP contribution in [0.3, 0.4) is 0 Å². The summed E-state index contributed by atoms with van der Waals surface area (Å²) < 4.78 is 307. The summed E-state index contributed by atoms with van der Waals surface area (Å²) in [5.74, 6) is -15.1. The van der Waals surface area contributed by atoms with Gasteiger partial charge in [0.1, 0.15) is 0 Å². The number of benzene rings is 8. The topological polar surface area (TPSA) is 235 Å². The van der Waals surface area contributed by atoms with Crippen molar-refractivity contribution in [3.63, 3.8) is 0 Å². The van der Waals surface area contributed by atoms with E-state index in [1.807, 2.05) is 0 Å². The first-order chi connectivity index (χ1) is 70.8. The van der Waals surface area contributed by atoms with Crippen LogP contribution in [0.4, 0.5) is 74.6 Å². The Morgan fingerprint density at radius 2 is 0.698 bits per heavy atom. The van der Waals surface area contributed by atoms with Gasteiger partial charge in [-0.3, -0.25) is 4.39 Å². The molecule has 40 heteroatoms. The van der Waals surface area contributed by atoms with Crippen LogP contribution < -0.4 is 99.4 Å². The molecule has 4 aliphatic carbocycles. The SMILES string of the molecule is C.C.C1CCOC1.CCCCCC(CO)CO.CCCCCC1COC(c2ccc(OCC3CCC(c4ccc(OCC)c(F)c4F)CC3)c(F)c2F)OC1.CCOc1ccc(C2CCC(CCl)CC2)c(F)c1F.CCOc1ccc(C2CCC(COc3ccc(OC)c(F)c3F)CC2)c(F)c1F.CCOc1ccc(C2CCC(COc3cccc(F)c3F)CC2)c(F)c1F.O=[P+]([O-])O[O-].Oc1cccc(F)c1F.[2H]CF.[K+].[K][K]. The van der Waals surface area contributed by atoms with Crippen molar-refractivity contribution in [1.29, 1.82) is 0 Å². The predicted molar refractivity (Wildman–Crippen MR) is 535 cm³/mol. The van der Waals surface area contributed by atoms with Gasteiger partial charge in [-0.1, -0.05) is 104 Å². The maximum atomic E-state index is 14.9. The van der Waals surface area contributed by atoms with Crippen LogP contribution in [-0.2, 0) is 23.5 Å². The minimum absolute atomic E-state index is 0. The molecule has 4 saturated carbocycles. The van der Waals surface area contributed by atoms with E-state index in [0.717, 1.165) is 121 Å². The molecule has 1 unspecified atom stereocenters. The first-order valence-corrected chi connectivity index (χ1v) is 67.7. The summed E-state index contributed by atoms with van der Waals surface area (Å²) in [6, 6.07) is 25.0. The van der Waals surface area contributed by atoms with E-state index in [2.05, 4.69) is 18.5 Å². The molecule has 14 rings (SSSR count). The Hall–Kier alpha value is -4.25. The second-order valence-electron chi connectivity index (χ2n) is 35.3. The molecule has 149 heavy (non-hydrogen) atoms. The minimum atomic E-state index is -3.15. The van der Waals surface area contributed by atoms with Gasteiger partial charge in [0.15, 0.2) is 105 Å². The van der Waals surface area contributed by atoms with Gasteiger partial charge >= 0.3 is 123 Å². The van der Waals surface area contributed by atoms with E-state index in [0.29, 0.717) is 105 Å². The molecule has 0 radical (unpaired) electrons. The molecule has 1 atom stereocenters. The third kappa shape index (κ3) is 47.1. The monoisotopic (exact) mass is 2250 g/mol. The third-order valence-corrected chi connectivity index (χ3v) is 26.1. The molecule has 6 fully saturated rings. The first kappa shape index (κ1) is 139. The van der Waals surface area contributed by atoms with Crippen LogP contribution >= 0.6 is 19.9 Å². The van der Waals surface area contributed by atoms with E-state index in [1.54, 1.807) is 52.0 Å². The number of aromatic hydroxyl groups is 1. The number of hydrogen-bond donors (Lipinski definition) is 3. The molecule has 2 saturated heterocycles. The van der Waals surface area contributed by atoms with Crippen molar-refractivity contribution in [2.24, 2.45) is 35.5 Å². The standard InChI is InChI=1S/C30H38F4O4.C22H24F4O3.C21H22F4O2.C15H19ClF2O.C8H18O2.C6H4F2O.C4H8O.CH3F.2CH4.3K.HO4P/c1-3-5-6-7-20-17-37-30(38-18-20)23-13-15-25(29(34)27(23)32)36-16-19-8-10-21(11-9-19)22-12-14-24(35-4-2)28(33)26(22)31;1-3-28-17-9-8-15(19(23)21(17)25)14-6-4-13(5-7-14)12-29-18-11-10-16(27-2)20(24)22(18)26;1-2-26-18-11-10-15(19(23)21(18)25)14-8-6-13(7-9-14)12-27-17-5-3-4-16(22)20(17)24;1-2-19-13-8-7-12(14(17)15(13)18)11-5-3-10(9-16)4-6-11;1-2-3-4-5-8(6-9)7-10;7-4-2-1-3-5(9)6(4)8;1-2-4-5-3-1;1-2;;;;;;1-4-5(2)3/h12-15,19-21,30H,3-11,16-18H2,1-2H3;8-11,13-14H,3-7,12H2,1-2H3;3-5,10-11,13-14H,2,6-9,12H2,1H3;7-8,10-11H,2-6,9H2,1H3;8-10H,2-7H2,1H3;1-3,9H;1-4H2;1H3;2*1H4;;;;1H/q;;;;;;;;;;;;+1;/p-1/i;;;;;;;1D;;;;;;. The summed E-state index contributed by atoms with van der Waals surface area (Å²) >= 11 is 8.34. The Morgan fingerprint density at radius 1 is 0.409 bits per heavy atom. The molecular weight excluding hydrogens is 2100 g/mol. The summed E-state index contributed by atoms with van der Waals surface area (Å²) in [4.78, 5) is 8.87. The normalized spacial score (nSPS) is 19.0. The zero-order valence-electron chi connectivity index (χ0n) is 86.5. The van der Waals surface area contributed by atoms with Crippen LogP contribution in [0, 0.1) is 129 Å². The molecule has 0 aromatic heterocycles. The summed E-state index contributed by atoms with van der Waals surface area (Å²) in [5, 5.41) is 34.3. The molecule has 18 nitrogen and oxygen atoms in total. The van der Waals surface area contributed by atoms with Crippen LogP contribution in [0.5, 0.6) is 51.7 Å². The van der Waals surface area contributed by atoms with Crippen molar-refractivity contribution in [2.75, 3.05) is 106 Å². The van der Waals surface area contributed by atoms with Crippen molar-refractivity contribution in [1.82, 2.24) is 0 Å². The Kier molecular flexibility index (Phi) is 74.3. The van der Waals surface area contributed by atoms with E-state index in [-0.39, 0.29) is 224 Å². The number of aliphatic hydroxyl groups is 2. The van der Waals surface area contributed by atoms with Gasteiger partial charge in [-0.2, -0.15) is 39.5 Å². The Bertz CT molecular complexity index is 5060. The van der Waals surface area contributed by atoms with Gasteiger partial charge in [0, 0.05) is 49.7 Å².